The van der Waals surface area contributed by atoms with Crippen molar-refractivity contribution >= 4 is 23.2 Å². The van der Waals surface area contributed by atoms with Gasteiger partial charge in [-0.05, 0) is 48.6 Å². The number of amides is 1. The van der Waals surface area contributed by atoms with E-state index in [1.165, 1.54) is 17.2 Å². The van der Waals surface area contributed by atoms with Gasteiger partial charge in [0.25, 0.3) is 5.56 Å². The number of anilines is 1. The highest BCUT2D eigenvalue weighted by Crippen LogP contribution is 2.31. The molecule has 1 amide bonds. The summed E-state index contributed by atoms with van der Waals surface area (Å²) in [5.74, 6) is -0.521. The van der Waals surface area contributed by atoms with Crippen LogP contribution in [0, 0.1) is 0 Å². The number of alkyl halides is 3. The van der Waals surface area contributed by atoms with Crippen LogP contribution in [0.15, 0.2) is 41.3 Å². The number of nitrogens with zero attached hydrogens (tertiary/aromatic N) is 2. The topological polar surface area (TPSA) is 79.8 Å². The molecule has 1 aliphatic rings. The van der Waals surface area contributed by atoms with Gasteiger partial charge in [-0.15, -0.1) is 0 Å². The summed E-state index contributed by atoms with van der Waals surface area (Å²) in [5, 5.41) is 5.11. The molecule has 6 nitrogen and oxygen atoms in total. The predicted molar refractivity (Wildman–Crippen MR) is 105 cm³/mol. The summed E-state index contributed by atoms with van der Waals surface area (Å²) < 4.78 is 39.2. The van der Waals surface area contributed by atoms with Gasteiger partial charge in [0.1, 0.15) is 0 Å². The summed E-state index contributed by atoms with van der Waals surface area (Å²) in [6.07, 6.45) is -1.01. The van der Waals surface area contributed by atoms with Crippen LogP contribution in [0.1, 0.15) is 28.8 Å². The molecule has 0 aliphatic heterocycles. The number of aromatic nitrogens is 3. The van der Waals surface area contributed by atoms with Crippen molar-refractivity contribution in [2.75, 3.05) is 5.32 Å². The SMILES string of the molecule is O=C(Cc1cc(=O)n(-c2ncc(C(F)(F)F)cc2Cl)[nH]1)Nc1ccc2c(c1)CCC2. The van der Waals surface area contributed by atoms with Crippen LogP contribution in [0.2, 0.25) is 5.02 Å². The minimum atomic E-state index is -4.60. The van der Waals surface area contributed by atoms with Gasteiger partial charge in [0.2, 0.25) is 5.91 Å². The van der Waals surface area contributed by atoms with Crippen LogP contribution in [0.3, 0.4) is 0 Å². The minimum absolute atomic E-state index is 0.127. The number of pyridine rings is 1. The number of halogens is 4. The van der Waals surface area contributed by atoms with Crippen molar-refractivity contribution in [1.29, 1.82) is 0 Å². The molecule has 10 heteroatoms. The first-order valence-corrected chi connectivity index (χ1v) is 9.54. The molecule has 0 bridgehead atoms. The minimum Gasteiger partial charge on any atom is -0.326 e. The van der Waals surface area contributed by atoms with Crippen LogP contribution in [-0.2, 0) is 30.2 Å². The lowest BCUT2D eigenvalue weighted by atomic mass is 10.1. The van der Waals surface area contributed by atoms with E-state index in [1.54, 1.807) is 0 Å². The van der Waals surface area contributed by atoms with Gasteiger partial charge in [-0.1, -0.05) is 17.7 Å². The van der Waals surface area contributed by atoms with Gasteiger partial charge in [-0.2, -0.15) is 17.9 Å². The Balaban J connectivity index is 1.50. The van der Waals surface area contributed by atoms with Gasteiger partial charge in [-0.25, -0.2) is 4.98 Å². The summed E-state index contributed by atoms with van der Waals surface area (Å²) in [6.45, 7) is 0. The number of hydrogen-bond acceptors (Lipinski definition) is 3. The highest BCUT2D eigenvalue weighted by Gasteiger charge is 2.32. The van der Waals surface area contributed by atoms with Crippen LogP contribution in [0.5, 0.6) is 0 Å². The Kier molecular flexibility index (Phi) is 5.15. The maximum atomic E-state index is 12.8. The molecule has 0 fully saturated rings. The first kappa shape index (κ1) is 20.2. The number of carbonyl (C=O) groups is 1. The van der Waals surface area contributed by atoms with Crippen molar-refractivity contribution in [3.63, 3.8) is 0 Å². The first-order chi connectivity index (χ1) is 14.2. The smallest absolute Gasteiger partial charge is 0.326 e. The van der Waals surface area contributed by atoms with Gasteiger partial charge in [-0.3, -0.25) is 14.7 Å². The van der Waals surface area contributed by atoms with Crippen LogP contribution in [0.25, 0.3) is 5.82 Å². The number of fused-ring (bicyclic) bond motifs is 1. The molecule has 1 aliphatic carbocycles. The van der Waals surface area contributed by atoms with Crippen molar-refractivity contribution in [3.8, 4) is 5.82 Å². The number of H-pyrrole nitrogens is 1. The summed E-state index contributed by atoms with van der Waals surface area (Å²) in [4.78, 5) is 28.2. The van der Waals surface area contributed by atoms with Gasteiger partial charge in [0, 0.05) is 23.6 Å². The summed E-state index contributed by atoms with van der Waals surface area (Å²) >= 11 is 5.89. The zero-order valence-corrected chi connectivity index (χ0v) is 16.3. The summed E-state index contributed by atoms with van der Waals surface area (Å²) in [6, 6.07) is 7.64. The van der Waals surface area contributed by atoms with Crippen LogP contribution >= 0.6 is 11.6 Å². The number of carbonyl (C=O) groups excluding carboxylic acids is 1. The third-order valence-electron chi connectivity index (χ3n) is 4.87. The van der Waals surface area contributed by atoms with E-state index in [0.717, 1.165) is 23.9 Å². The van der Waals surface area contributed by atoms with Gasteiger partial charge in [0.05, 0.1) is 17.0 Å². The quantitative estimate of drug-likeness (QED) is 0.651. The normalized spacial score (nSPS) is 13.3. The molecule has 2 aromatic heterocycles. The third kappa shape index (κ3) is 4.11. The van der Waals surface area contributed by atoms with Crippen LogP contribution in [-0.4, -0.2) is 20.7 Å². The maximum Gasteiger partial charge on any atom is 0.417 e. The number of benzene rings is 1. The third-order valence-corrected chi connectivity index (χ3v) is 5.15. The molecule has 0 spiro atoms. The van der Waals surface area contributed by atoms with E-state index in [4.69, 9.17) is 11.6 Å². The van der Waals surface area contributed by atoms with Gasteiger partial charge in [0.15, 0.2) is 5.82 Å². The summed E-state index contributed by atoms with van der Waals surface area (Å²) in [7, 11) is 0. The molecule has 0 radical (unpaired) electrons. The molecule has 0 atom stereocenters. The largest absolute Gasteiger partial charge is 0.417 e. The zero-order chi connectivity index (χ0) is 21.5. The van der Waals surface area contributed by atoms with Crippen molar-refractivity contribution in [2.45, 2.75) is 31.9 Å². The Bertz CT molecular complexity index is 1180. The van der Waals surface area contributed by atoms with E-state index >= 15 is 0 Å². The van der Waals surface area contributed by atoms with Crippen molar-refractivity contribution < 1.29 is 18.0 Å². The lowest BCUT2D eigenvalue weighted by Gasteiger charge is -2.09. The van der Waals surface area contributed by atoms with Crippen LogP contribution < -0.4 is 10.9 Å². The molecule has 2 heterocycles. The highest BCUT2D eigenvalue weighted by atomic mass is 35.5. The predicted octanol–water partition coefficient (Wildman–Crippen LogP) is 3.90. The molecule has 0 saturated carbocycles. The second kappa shape index (κ2) is 7.64. The van der Waals surface area contributed by atoms with Crippen molar-refractivity contribution in [2.24, 2.45) is 0 Å². The van der Waals surface area contributed by atoms with E-state index in [-0.39, 0.29) is 28.9 Å². The fraction of sp³-hybridized carbons (Fsp3) is 0.250. The average molecular weight is 437 g/mol. The summed E-state index contributed by atoms with van der Waals surface area (Å²) in [5.41, 5.74) is 1.84. The standard InChI is InChI=1S/C20H16ClF3N4O2/c21-16-7-13(20(22,23)24)10-25-19(16)28-18(30)9-15(27-28)8-17(29)26-14-5-4-11-2-1-3-12(11)6-14/h4-7,9-10,27H,1-3,8H2,(H,26,29). The molecule has 2 N–H and O–H groups in total. The second-order valence-electron chi connectivity index (χ2n) is 7.04. The molecule has 1 aromatic carbocycles. The fourth-order valence-electron chi connectivity index (χ4n) is 3.47. The number of nitrogens with one attached hydrogen (secondary N) is 2. The van der Waals surface area contributed by atoms with E-state index < -0.39 is 17.3 Å². The number of aryl methyl sites for hydroxylation is 2. The lowest BCUT2D eigenvalue weighted by molar-refractivity contribution is -0.137. The van der Waals surface area contributed by atoms with Gasteiger partial charge < -0.3 is 5.32 Å². The molecule has 4 rings (SSSR count). The Morgan fingerprint density at radius 1 is 1.20 bits per heavy atom. The Hall–Kier alpha value is -3.07. The Morgan fingerprint density at radius 2 is 1.97 bits per heavy atom. The Morgan fingerprint density at radius 3 is 2.70 bits per heavy atom. The number of hydrogen-bond donors (Lipinski definition) is 2. The van der Waals surface area contributed by atoms with Crippen molar-refractivity contribution in [3.05, 3.63) is 74.3 Å². The van der Waals surface area contributed by atoms with Crippen molar-refractivity contribution in [1.82, 2.24) is 14.8 Å². The molecular weight excluding hydrogens is 421 g/mol. The molecular formula is C20H16ClF3N4O2. The van der Waals surface area contributed by atoms with E-state index in [1.807, 2.05) is 18.2 Å². The maximum absolute atomic E-state index is 12.8. The lowest BCUT2D eigenvalue weighted by Crippen LogP contribution is -2.17. The van der Waals surface area contributed by atoms with E-state index in [2.05, 4.69) is 15.4 Å². The Labute approximate surface area is 173 Å². The van der Waals surface area contributed by atoms with Gasteiger partial charge >= 0.3 is 6.18 Å². The first-order valence-electron chi connectivity index (χ1n) is 9.16. The second-order valence-corrected chi connectivity index (χ2v) is 7.45. The average Bonchev–Trinajstić information content (AvgIpc) is 3.26. The number of rotatable bonds is 4. The highest BCUT2D eigenvalue weighted by molar-refractivity contribution is 6.32. The number of aromatic amines is 1. The molecule has 30 heavy (non-hydrogen) atoms. The molecule has 156 valence electrons. The van der Waals surface area contributed by atoms with E-state index in [9.17, 15) is 22.8 Å². The van der Waals surface area contributed by atoms with E-state index in [0.29, 0.717) is 18.0 Å². The molecule has 0 unspecified atom stereocenters. The molecule has 0 saturated heterocycles. The van der Waals surface area contributed by atoms with Crippen LogP contribution in [0.4, 0.5) is 18.9 Å². The monoisotopic (exact) mass is 436 g/mol. The molecule has 3 aromatic rings. The fourth-order valence-corrected chi connectivity index (χ4v) is 3.72. The zero-order valence-electron chi connectivity index (χ0n) is 15.5.